The van der Waals surface area contributed by atoms with Crippen LogP contribution in [0.2, 0.25) is 0 Å². The molecular formula is C17H19N5O3S. The molecule has 1 spiro atoms. The van der Waals surface area contributed by atoms with Gasteiger partial charge in [-0.1, -0.05) is 10.6 Å². The summed E-state index contributed by atoms with van der Waals surface area (Å²) in [5.74, 6) is 0.370. The summed E-state index contributed by atoms with van der Waals surface area (Å²) in [5.41, 5.74) is -0.228. The van der Waals surface area contributed by atoms with E-state index in [4.69, 9.17) is 4.74 Å². The zero-order valence-corrected chi connectivity index (χ0v) is 15.2. The maximum atomic E-state index is 12.7. The summed E-state index contributed by atoms with van der Waals surface area (Å²) >= 11 is 1.21. The highest BCUT2D eigenvalue weighted by atomic mass is 32.1. The molecule has 1 N–H and O–H groups in total. The van der Waals surface area contributed by atoms with Gasteiger partial charge in [0.15, 0.2) is 5.69 Å². The number of ether oxygens (including phenoxy) is 1. The summed E-state index contributed by atoms with van der Waals surface area (Å²) < 4.78 is 9.62. The van der Waals surface area contributed by atoms with Gasteiger partial charge in [0.05, 0.1) is 16.9 Å². The summed E-state index contributed by atoms with van der Waals surface area (Å²) in [4.78, 5) is 32.0. The summed E-state index contributed by atoms with van der Waals surface area (Å²) in [6, 6.07) is 5.47. The molecule has 2 aromatic rings. The van der Waals surface area contributed by atoms with Gasteiger partial charge in [-0.3, -0.25) is 9.59 Å². The van der Waals surface area contributed by atoms with Crippen molar-refractivity contribution in [3.8, 4) is 5.88 Å². The molecule has 0 aromatic carbocycles. The topological polar surface area (TPSA) is 97.3 Å². The Balaban J connectivity index is 1.48. The highest BCUT2D eigenvalue weighted by Crippen LogP contribution is 2.42. The SMILES string of the molecule is Cc1snnc1C(=O)N1CC[C@]2(C1)C(=O)NC[C@@H]2COc1ccccn1. The van der Waals surface area contributed by atoms with Gasteiger partial charge in [-0.05, 0) is 30.9 Å². The van der Waals surface area contributed by atoms with E-state index in [1.807, 2.05) is 19.1 Å². The number of amides is 2. The number of hydrogen-bond donors (Lipinski definition) is 1. The van der Waals surface area contributed by atoms with E-state index in [1.54, 1.807) is 17.2 Å². The second-order valence-electron chi connectivity index (χ2n) is 6.70. The maximum absolute atomic E-state index is 12.7. The Bertz CT molecular complexity index is 827. The third-order valence-electron chi connectivity index (χ3n) is 5.26. The largest absolute Gasteiger partial charge is 0.477 e. The van der Waals surface area contributed by atoms with Crippen LogP contribution in [0.5, 0.6) is 5.88 Å². The number of likely N-dealkylation sites (tertiary alicyclic amines) is 1. The van der Waals surface area contributed by atoms with Crippen LogP contribution in [-0.4, -0.2) is 57.5 Å². The summed E-state index contributed by atoms with van der Waals surface area (Å²) in [6.45, 7) is 3.67. The monoisotopic (exact) mass is 373 g/mol. The molecule has 2 fully saturated rings. The summed E-state index contributed by atoms with van der Waals surface area (Å²) in [5, 5.41) is 6.87. The van der Waals surface area contributed by atoms with Gasteiger partial charge < -0.3 is 15.0 Å². The molecule has 136 valence electrons. The maximum Gasteiger partial charge on any atom is 0.275 e. The van der Waals surface area contributed by atoms with Crippen molar-refractivity contribution in [3.05, 3.63) is 35.0 Å². The van der Waals surface area contributed by atoms with Crippen molar-refractivity contribution in [2.75, 3.05) is 26.2 Å². The lowest BCUT2D eigenvalue weighted by atomic mass is 9.77. The molecule has 2 aliphatic rings. The molecule has 0 saturated carbocycles. The first kappa shape index (κ1) is 16.9. The van der Waals surface area contributed by atoms with Gasteiger partial charge >= 0.3 is 0 Å². The highest BCUT2D eigenvalue weighted by Gasteiger charge is 2.55. The first-order valence-corrected chi connectivity index (χ1v) is 9.28. The lowest BCUT2D eigenvalue weighted by Gasteiger charge is -2.27. The van der Waals surface area contributed by atoms with Crippen LogP contribution in [0.4, 0.5) is 0 Å². The standard InChI is InChI=1S/C17H19N5O3S/c1-11-14(20-21-26-11)15(23)22-7-5-17(10-22)12(8-19-16(17)24)9-25-13-4-2-3-6-18-13/h2-4,6,12H,5,7-10H2,1H3,(H,19,24)/t12-,17-/m1/s1. The Kier molecular flexibility index (Phi) is 4.31. The molecule has 0 unspecified atom stereocenters. The fourth-order valence-electron chi connectivity index (χ4n) is 3.71. The van der Waals surface area contributed by atoms with Gasteiger partial charge in [-0.25, -0.2) is 4.98 Å². The molecule has 0 aliphatic carbocycles. The van der Waals surface area contributed by atoms with Crippen molar-refractivity contribution in [1.29, 1.82) is 0 Å². The lowest BCUT2D eigenvalue weighted by molar-refractivity contribution is -0.128. The zero-order valence-electron chi connectivity index (χ0n) is 14.3. The molecule has 0 bridgehead atoms. The fraction of sp³-hybridized carbons (Fsp3) is 0.471. The highest BCUT2D eigenvalue weighted by molar-refractivity contribution is 7.05. The van der Waals surface area contributed by atoms with Crippen molar-refractivity contribution in [2.24, 2.45) is 11.3 Å². The van der Waals surface area contributed by atoms with E-state index in [-0.39, 0.29) is 17.7 Å². The van der Waals surface area contributed by atoms with Crippen molar-refractivity contribution in [1.82, 2.24) is 24.8 Å². The van der Waals surface area contributed by atoms with Crippen LogP contribution in [0.15, 0.2) is 24.4 Å². The molecule has 0 radical (unpaired) electrons. The van der Waals surface area contributed by atoms with Crippen LogP contribution < -0.4 is 10.1 Å². The number of nitrogens with zero attached hydrogens (tertiary/aromatic N) is 4. The number of aryl methyl sites for hydroxylation is 1. The minimum Gasteiger partial charge on any atom is -0.477 e. The molecule has 2 amide bonds. The summed E-state index contributed by atoms with van der Waals surface area (Å²) in [6.07, 6.45) is 2.29. The number of pyridine rings is 1. The third-order valence-corrected chi connectivity index (χ3v) is 5.89. The van der Waals surface area contributed by atoms with Crippen LogP contribution in [0.1, 0.15) is 21.8 Å². The Morgan fingerprint density at radius 3 is 3.12 bits per heavy atom. The smallest absolute Gasteiger partial charge is 0.275 e. The molecule has 9 heteroatoms. The van der Waals surface area contributed by atoms with Gasteiger partial charge in [0, 0.05) is 37.8 Å². The minimum atomic E-state index is -0.609. The molecule has 2 aromatic heterocycles. The molecular weight excluding hydrogens is 354 g/mol. The van der Waals surface area contributed by atoms with Gasteiger partial charge in [0.2, 0.25) is 11.8 Å². The predicted octanol–water partition coefficient (Wildman–Crippen LogP) is 0.899. The van der Waals surface area contributed by atoms with E-state index >= 15 is 0 Å². The molecule has 26 heavy (non-hydrogen) atoms. The zero-order chi connectivity index (χ0) is 18.1. The van der Waals surface area contributed by atoms with Crippen LogP contribution in [-0.2, 0) is 4.79 Å². The lowest BCUT2D eigenvalue weighted by Crippen LogP contribution is -2.41. The molecule has 4 heterocycles. The van der Waals surface area contributed by atoms with Crippen molar-refractivity contribution in [2.45, 2.75) is 13.3 Å². The first-order chi connectivity index (χ1) is 12.6. The molecule has 4 rings (SSSR count). The van der Waals surface area contributed by atoms with E-state index in [0.717, 1.165) is 4.88 Å². The quantitative estimate of drug-likeness (QED) is 0.855. The Morgan fingerprint density at radius 2 is 2.38 bits per heavy atom. The van der Waals surface area contributed by atoms with Gasteiger partial charge in [-0.2, -0.15) is 0 Å². The molecule has 2 atom stereocenters. The van der Waals surface area contributed by atoms with E-state index in [9.17, 15) is 9.59 Å². The predicted molar refractivity (Wildman–Crippen MR) is 93.8 cm³/mol. The van der Waals surface area contributed by atoms with Crippen molar-refractivity contribution in [3.63, 3.8) is 0 Å². The minimum absolute atomic E-state index is 0.00412. The number of nitrogens with one attached hydrogen (secondary N) is 1. The number of hydrogen-bond acceptors (Lipinski definition) is 7. The Hall–Kier alpha value is -2.55. The van der Waals surface area contributed by atoms with Gasteiger partial charge in [-0.15, -0.1) is 5.10 Å². The van der Waals surface area contributed by atoms with E-state index < -0.39 is 5.41 Å². The molecule has 2 aliphatic heterocycles. The third kappa shape index (κ3) is 2.82. The summed E-state index contributed by atoms with van der Waals surface area (Å²) in [7, 11) is 0. The fourth-order valence-corrected chi connectivity index (χ4v) is 4.17. The Morgan fingerprint density at radius 1 is 1.50 bits per heavy atom. The van der Waals surface area contributed by atoms with Crippen LogP contribution in [0.25, 0.3) is 0 Å². The first-order valence-electron chi connectivity index (χ1n) is 8.50. The van der Waals surface area contributed by atoms with E-state index in [0.29, 0.717) is 44.2 Å². The Labute approximate surface area is 154 Å². The molecule has 2 saturated heterocycles. The van der Waals surface area contributed by atoms with Crippen LogP contribution >= 0.6 is 11.5 Å². The number of carbonyl (C=O) groups excluding carboxylic acids is 2. The average Bonchev–Trinajstić information content (AvgIpc) is 3.36. The van der Waals surface area contributed by atoms with Gasteiger partial charge in [0.25, 0.3) is 5.91 Å². The van der Waals surface area contributed by atoms with E-state index in [1.165, 1.54) is 11.5 Å². The van der Waals surface area contributed by atoms with E-state index in [2.05, 4.69) is 19.9 Å². The van der Waals surface area contributed by atoms with Crippen LogP contribution in [0, 0.1) is 18.3 Å². The second kappa shape index (κ2) is 6.64. The number of carbonyl (C=O) groups is 2. The number of aromatic nitrogens is 3. The molecule has 8 nitrogen and oxygen atoms in total. The normalized spacial score (nSPS) is 24.9. The average molecular weight is 373 g/mol. The van der Waals surface area contributed by atoms with Gasteiger partial charge in [0.1, 0.15) is 0 Å². The van der Waals surface area contributed by atoms with Crippen molar-refractivity contribution >= 4 is 23.3 Å². The number of rotatable bonds is 4. The second-order valence-corrected chi connectivity index (χ2v) is 7.65. The van der Waals surface area contributed by atoms with Crippen molar-refractivity contribution < 1.29 is 14.3 Å². The van der Waals surface area contributed by atoms with Crippen LogP contribution in [0.3, 0.4) is 0 Å².